The standard InChI is InChI=1S/C30H26N4O2S/c1-35-23-14-15-27(36-2)26(19-23)34-29(28(32-30(34)37)24-10-5-6-16-31-24)25-11-7-17-33(25)22-13-12-20-8-3-4-9-21(20)18-22/h3-19,28-29H,1-2H3,(H,32,37)/t28-,29-/m1/s1. The van der Waals surface area contributed by atoms with Gasteiger partial charge in [-0.3, -0.25) is 4.98 Å². The molecule has 0 aliphatic carbocycles. The maximum atomic E-state index is 5.94. The van der Waals surface area contributed by atoms with Gasteiger partial charge >= 0.3 is 0 Å². The molecule has 0 saturated carbocycles. The summed E-state index contributed by atoms with van der Waals surface area (Å²) in [6.45, 7) is 0. The van der Waals surface area contributed by atoms with Gasteiger partial charge in [-0.05, 0) is 71.5 Å². The average molecular weight is 507 g/mol. The summed E-state index contributed by atoms with van der Waals surface area (Å²) in [5.41, 5.74) is 3.89. The smallest absolute Gasteiger partial charge is 0.174 e. The molecule has 1 fully saturated rings. The van der Waals surface area contributed by atoms with E-state index in [0.717, 1.165) is 28.5 Å². The summed E-state index contributed by atoms with van der Waals surface area (Å²) in [4.78, 5) is 6.80. The zero-order valence-corrected chi connectivity index (χ0v) is 21.4. The van der Waals surface area contributed by atoms with Gasteiger partial charge in [0, 0.05) is 29.8 Å². The first-order valence-electron chi connectivity index (χ1n) is 12.1. The van der Waals surface area contributed by atoms with Gasteiger partial charge in [0.05, 0.1) is 31.6 Å². The molecule has 0 amide bonds. The Morgan fingerprint density at radius 1 is 0.838 bits per heavy atom. The SMILES string of the molecule is COc1ccc(OC)c(N2C(=S)N[C@H](c3ccccn3)[C@H]2c2cccn2-c2ccc3ccccc3c2)c1. The second-order valence-corrected chi connectivity index (χ2v) is 9.26. The van der Waals surface area contributed by atoms with Crippen LogP contribution < -0.4 is 19.7 Å². The normalized spacial score (nSPS) is 17.1. The summed E-state index contributed by atoms with van der Waals surface area (Å²) >= 11 is 5.94. The fourth-order valence-corrected chi connectivity index (χ4v) is 5.44. The van der Waals surface area contributed by atoms with Gasteiger partial charge in [-0.1, -0.05) is 36.4 Å². The molecular weight excluding hydrogens is 480 g/mol. The maximum Gasteiger partial charge on any atom is 0.174 e. The van der Waals surface area contributed by atoms with Crippen LogP contribution in [-0.4, -0.2) is 28.9 Å². The van der Waals surface area contributed by atoms with Crippen LogP contribution in [0.1, 0.15) is 23.5 Å². The van der Waals surface area contributed by atoms with E-state index in [1.54, 1.807) is 14.2 Å². The number of thiocarbonyl (C=S) groups is 1. The predicted molar refractivity (Wildman–Crippen MR) is 151 cm³/mol. The zero-order chi connectivity index (χ0) is 25.4. The minimum Gasteiger partial charge on any atom is -0.497 e. The number of ether oxygens (including phenoxy) is 2. The number of benzene rings is 3. The van der Waals surface area contributed by atoms with Crippen molar-refractivity contribution >= 4 is 33.8 Å². The lowest BCUT2D eigenvalue weighted by atomic mass is 10.0. The molecule has 3 heterocycles. The second kappa shape index (κ2) is 9.59. The summed E-state index contributed by atoms with van der Waals surface area (Å²) in [6.07, 6.45) is 3.91. The molecule has 1 aliphatic rings. The lowest BCUT2D eigenvalue weighted by molar-refractivity contribution is 0.402. The van der Waals surface area contributed by atoms with Crippen LogP contribution in [0.5, 0.6) is 11.5 Å². The van der Waals surface area contributed by atoms with E-state index in [1.807, 2.05) is 42.6 Å². The number of methoxy groups -OCH3 is 2. The van der Waals surface area contributed by atoms with E-state index < -0.39 is 0 Å². The monoisotopic (exact) mass is 506 g/mol. The van der Waals surface area contributed by atoms with Crippen molar-refractivity contribution in [3.05, 3.63) is 115 Å². The van der Waals surface area contributed by atoms with E-state index >= 15 is 0 Å². The van der Waals surface area contributed by atoms with Crippen molar-refractivity contribution in [2.45, 2.75) is 12.1 Å². The third-order valence-electron chi connectivity index (χ3n) is 6.84. The van der Waals surface area contributed by atoms with Crippen molar-refractivity contribution < 1.29 is 9.47 Å². The van der Waals surface area contributed by atoms with Crippen LogP contribution in [0.2, 0.25) is 0 Å². The van der Waals surface area contributed by atoms with Gasteiger partial charge in [-0.25, -0.2) is 0 Å². The third-order valence-corrected chi connectivity index (χ3v) is 7.15. The fraction of sp³-hybridized carbons (Fsp3) is 0.133. The molecule has 37 heavy (non-hydrogen) atoms. The molecule has 184 valence electrons. The van der Waals surface area contributed by atoms with Crippen LogP contribution >= 0.6 is 12.2 Å². The number of hydrogen-bond acceptors (Lipinski definition) is 4. The van der Waals surface area contributed by atoms with E-state index in [0.29, 0.717) is 10.9 Å². The average Bonchev–Trinajstić information content (AvgIpc) is 3.57. The summed E-state index contributed by atoms with van der Waals surface area (Å²) in [5, 5.41) is 6.53. The quantitative estimate of drug-likeness (QED) is 0.276. The van der Waals surface area contributed by atoms with Crippen LogP contribution in [0.4, 0.5) is 5.69 Å². The number of nitrogens with zero attached hydrogens (tertiary/aromatic N) is 3. The Balaban J connectivity index is 1.54. The van der Waals surface area contributed by atoms with Crippen LogP contribution in [0.3, 0.4) is 0 Å². The van der Waals surface area contributed by atoms with Crippen molar-refractivity contribution in [2.24, 2.45) is 0 Å². The molecule has 5 aromatic rings. The number of hydrogen-bond donors (Lipinski definition) is 1. The van der Waals surface area contributed by atoms with Gasteiger partial charge < -0.3 is 24.3 Å². The highest BCUT2D eigenvalue weighted by Crippen LogP contribution is 2.46. The molecule has 1 saturated heterocycles. The topological polar surface area (TPSA) is 51.6 Å². The Morgan fingerprint density at radius 3 is 2.46 bits per heavy atom. The van der Waals surface area contributed by atoms with E-state index in [9.17, 15) is 0 Å². The second-order valence-electron chi connectivity index (χ2n) is 8.87. The van der Waals surface area contributed by atoms with Crippen molar-refractivity contribution in [2.75, 3.05) is 19.1 Å². The highest BCUT2D eigenvalue weighted by atomic mass is 32.1. The minimum atomic E-state index is -0.204. The first-order valence-corrected chi connectivity index (χ1v) is 12.5. The number of pyridine rings is 1. The molecule has 1 aliphatic heterocycles. The Kier molecular flexibility index (Phi) is 5.98. The molecular formula is C30H26N4O2S. The molecule has 2 atom stereocenters. The minimum absolute atomic E-state index is 0.182. The molecule has 1 N–H and O–H groups in total. The van der Waals surface area contributed by atoms with Gasteiger partial charge in [0.25, 0.3) is 0 Å². The summed E-state index contributed by atoms with van der Waals surface area (Å²) < 4.78 is 13.5. The van der Waals surface area contributed by atoms with Crippen molar-refractivity contribution in [1.29, 1.82) is 0 Å². The number of anilines is 1. The number of fused-ring (bicyclic) bond motifs is 1. The Morgan fingerprint density at radius 2 is 1.68 bits per heavy atom. The highest BCUT2D eigenvalue weighted by Gasteiger charge is 2.43. The molecule has 0 spiro atoms. The summed E-state index contributed by atoms with van der Waals surface area (Å²) in [5.74, 6) is 1.43. The fourth-order valence-electron chi connectivity index (χ4n) is 5.10. The Bertz CT molecular complexity index is 1580. The summed E-state index contributed by atoms with van der Waals surface area (Å²) in [7, 11) is 3.33. The number of nitrogens with one attached hydrogen (secondary N) is 1. The van der Waals surface area contributed by atoms with E-state index in [1.165, 1.54) is 10.8 Å². The third kappa shape index (κ3) is 4.07. The van der Waals surface area contributed by atoms with Crippen molar-refractivity contribution in [3.8, 4) is 17.2 Å². The molecule has 6 nitrogen and oxygen atoms in total. The first-order chi connectivity index (χ1) is 18.2. The lowest BCUT2D eigenvalue weighted by Gasteiger charge is -2.30. The molecule has 2 aromatic heterocycles. The zero-order valence-electron chi connectivity index (χ0n) is 20.5. The molecule has 6 rings (SSSR count). The van der Waals surface area contributed by atoms with E-state index in [2.05, 4.69) is 80.6 Å². The van der Waals surface area contributed by atoms with Gasteiger partial charge in [-0.15, -0.1) is 0 Å². The van der Waals surface area contributed by atoms with Crippen molar-refractivity contribution in [1.82, 2.24) is 14.9 Å². The largest absolute Gasteiger partial charge is 0.497 e. The molecule has 0 bridgehead atoms. The van der Waals surface area contributed by atoms with Gasteiger partial charge in [0.1, 0.15) is 17.5 Å². The predicted octanol–water partition coefficient (Wildman–Crippen LogP) is 6.22. The number of aromatic nitrogens is 2. The summed E-state index contributed by atoms with van der Waals surface area (Å²) in [6, 6.07) is 30.5. The van der Waals surface area contributed by atoms with Crippen LogP contribution in [0.25, 0.3) is 16.5 Å². The van der Waals surface area contributed by atoms with Gasteiger partial charge in [0.15, 0.2) is 5.11 Å². The van der Waals surface area contributed by atoms with Crippen LogP contribution in [0.15, 0.2) is 103 Å². The highest BCUT2D eigenvalue weighted by molar-refractivity contribution is 7.80. The van der Waals surface area contributed by atoms with E-state index in [4.69, 9.17) is 21.7 Å². The molecule has 0 radical (unpaired) electrons. The molecule has 3 aromatic carbocycles. The first kappa shape index (κ1) is 23.1. The van der Waals surface area contributed by atoms with Crippen LogP contribution in [0, 0.1) is 0 Å². The van der Waals surface area contributed by atoms with Crippen molar-refractivity contribution in [3.63, 3.8) is 0 Å². The Labute approximate surface area is 221 Å². The van der Waals surface area contributed by atoms with E-state index in [-0.39, 0.29) is 12.1 Å². The number of rotatable bonds is 6. The van der Waals surface area contributed by atoms with Crippen LogP contribution in [-0.2, 0) is 0 Å². The van der Waals surface area contributed by atoms with Gasteiger partial charge in [0.2, 0.25) is 0 Å². The lowest BCUT2D eigenvalue weighted by Crippen LogP contribution is -2.30. The molecule has 7 heteroatoms. The Hall–Kier alpha value is -4.36. The maximum absolute atomic E-state index is 5.94. The molecule has 0 unspecified atom stereocenters. The van der Waals surface area contributed by atoms with Gasteiger partial charge in [-0.2, -0.15) is 0 Å².